The number of nitro groups is 1. The van der Waals surface area contributed by atoms with E-state index >= 15 is 0 Å². The fraction of sp³-hybridized carbons (Fsp3) is 0.0870. The quantitative estimate of drug-likeness (QED) is 0.228. The summed E-state index contributed by atoms with van der Waals surface area (Å²) in [6.45, 7) is 0. The van der Waals surface area contributed by atoms with Crippen LogP contribution in [-0.2, 0) is 9.47 Å². The number of non-ortho nitro benzene ring substituents is 1. The predicted octanol–water partition coefficient (Wildman–Crippen LogP) is 4.84. The molecule has 0 fully saturated rings. The first-order valence-corrected chi connectivity index (χ1v) is 9.70. The van der Waals surface area contributed by atoms with E-state index in [0.717, 1.165) is 0 Å². The minimum Gasteiger partial charge on any atom is -0.465 e. The highest BCUT2D eigenvalue weighted by Crippen LogP contribution is 2.23. The van der Waals surface area contributed by atoms with Crippen molar-refractivity contribution in [2.75, 3.05) is 19.5 Å². The number of hydrogen-bond donors (Lipinski definition) is 1. The minimum atomic E-state index is -0.706. The first-order chi connectivity index (χ1) is 16.3. The van der Waals surface area contributed by atoms with Gasteiger partial charge in [-0.15, -0.1) is 0 Å². The number of benzene rings is 3. The van der Waals surface area contributed by atoms with Crippen LogP contribution in [0, 0.1) is 10.1 Å². The Hall–Kier alpha value is -4.93. The monoisotopic (exact) mass is 462 g/mol. The highest BCUT2D eigenvalue weighted by atomic mass is 16.6. The number of hydrogen-bond acceptors (Lipinski definition) is 9. The van der Waals surface area contributed by atoms with Crippen LogP contribution in [0.4, 0.5) is 22.7 Å². The summed E-state index contributed by atoms with van der Waals surface area (Å²) in [4.78, 5) is 46.7. The molecular weight excluding hydrogens is 444 g/mol. The van der Waals surface area contributed by atoms with Gasteiger partial charge in [0.25, 0.3) is 11.6 Å². The maximum atomic E-state index is 12.7. The maximum Gasteiger partial charge on any atom is 0.337 e. The van der Waals surface area contributed by atoms with Gasteiger partial charge in [0.1, 0.15) is 0 Å². The predicted molar refractivity (Wildman–Crippen MR) is 121 cm³/mol. The standard InChI is InChI=1S/C23H18N4O7/c1-33-22(29)15-11-14(12-16(13-15)23(30)34-2)21(28)24-17-3-5-18(6-4-17)25-26-19-7-9-20(10-8-19)27(31)32/h3-13H,1-2H3,(H,24,28). The van der Waals surface area contributed by atoms with Crippen LogP contribution in [0.15, 0.2) is 77.0 Å². The van der Waals surface area contributed by atoms with Gasteiger partial charge in [0, 0.05) is 23.4 Å². The second kappa shape index (κ2) is 10.6. The Kier molecular flexibility index (Phi) is 7.39. The average Bonchev–Trinajstić information content (AvgIpc) is 2.87. The number of azo groups is 1. The summed E-state index contributed by atoms with van der Waals surface area (Å²) in [6, 6.07) is 15.9. The second-order valence-electron chi connectivity index (χ2n) is 6.76. The number of ether oxygens (including phenoxy) is 2. The van der Waals surface area contributed by atoms with Crippen molar-refractivity contribution in [3.8, 4) is 0 Å². The zero-order valence-corrected chi connectivity index (χ0v) is 18.1. The van der Waals surface area contributed by atoms with Gasteiger partial charge in [0.15, 0.2) is 0 Å². The molecule has 1 amide bonds. The van der Waals surface area contributed by atoms with Gasteiger partial charge in [-0.2, -0.15) is 10.2 Å². The summed E-state index contributed by atoms with van der Waals surface area (Å²) in [6.07, 6.45) is 0. The molecule has 0 atom stereocenters. The van der Waals surface area contributed by atoms with Crippen molar-refractivity contribution in [2.24, 2.45) is 10.2 Å². The molecule has 0 unspecified atom stereocenters. The fourth-order valence-corrected chi connectivity index (χ4v) is 2.80. The third-order valence-corrected chi connectivity index (χ3v) is 4.50. The normalized spacial score (nSPS) is 10.5. The molecule has 0 bridgehead atoms. The molecule has 0 aliphatic rings. The first kappa shape index (κ1) is 23.7. The number of esters is 2. The van der Waals surface area contributed by atoms with Crippen LogP contribution in [0.3, 0.4) is 0 Å². The second-order valence-corrected chi connectivity index (χ2v) is 6.76. The van der Waals surface area contributed by atoms with E-state index in [9.17, 15) is 24.5 Å². The van der Waals surface area contributed by atoms with Crippen LogP contribution >= 0.6 is 0 Å². The Morgan fingerprint density at radius 3 is 1.65 bits per heavy atom. The van der Waals surface area contributed by atoms with Crippen molar-refractivity contribution in [3.05, 3.63) is 93.5 Å². The lowest BCUT2D eigenvalue weighted by molar-refractivity contribution is -0.384. The smallest absolute Gasteiger partial charge is 0.337 e. The Balaban J connectivity index is 1.73. The highest BCUT2D eigenvalue weighted by Gasteiger charge is 2.17. The largest absolute Gasteiger partial charge is 0.465 e. The molecule has 11 nitrogen and oxygen atoms in total. The summed E-state index contributed by atoms with van der Waals surface area (Å²) in [5.74, 6) is -1.97. The SMILES string of the molecule is COC(=O)c1cc(C(=O)Nc2ccc(N=Nc3ccc([N+](=O)[O-])cc3)cc2)cc(C(=O)OC)c1. The number of nitrogens with one attached hydrogen (secondary N) is 1. The molecule has 3 rings (SSSR count). The number of nitrogens with zero attached hydrogens (tertiary/aromatic N) is 3. The van der Waals surface area contributed by atoms with Gasteiger partial charge in [-0.3, -0.25) is 14.9 Å². The molecule has 0 radical (unpaired) electrons. The lowest BCUT2D eigenvalue weighted by atomic mass is 10.0. The van der Waals surface area contributed by atoms with Gasteiger partial charge in [-0.1, -0.05) is 0 Å². The van der Waals surface area contributed by atoms with E-state index in [0.29, 0.717) is 17.1 Å². The summed E-state index contributed by atoms with van der Waals surface area (Å²) >= 11 is 0. The molecule has 34 heavy (non-hydrogen) atoms. The number of anilines is 1. The number of nitro benzene ring substituents is 1. The van der Waals surface area contributed by atoms with E-state index in [1.807, 2.05) is 0 Å². The van der Waals surface area contributed by atoms with E-state index in [-0.39, 0.29) is 22.4 Å². The highest BCUT2D eigenvalue weighted by molar-refractivity contribution is 6.07. The molecule has 11 heteroatoms. The van der Waals surface area contributed by atoms with Gasteiger partial charge in [0.2, 0.25) is 0 Å². The van der Waals surface area contributed by atoms with Crippen molar-refractivity contribution in [1.29, 1.82) is 0 Å². The van der Waals surface area contributed by atoms with Crippen molar-refractivity contribution >= 4 is 40.6 Å². The maximum absolute atomic E-state index is 12.7. The molecule has 0 aliphatic carbocycles. The zero-order chi connectivity index (χ0) is 24.7. The molecule has 0 aliphatic heterocycles. The van der Waals surface area contributed by atoms with Gasteiger partial charge >= 0.3 is 11.9 Å². The Morgan fingerprint density at radius 2 is 1.21 bits per heavy atom. The summed E-state index contributed by atoms with van der Waals surface area (Å²) in [5, 5.41) is 21.4. The van der Waals surface area contributed by atoms with Gasteiger partial charge in [0.05, 0.1) is 41.6 Å². The van der Waals surface area contributed by atoms with Crippen LogP contribution in [0.25, 0.3) is 0 Å². The molecule has 0 heterocycles. The van der Waals surface area contributed by atoms with Crippen LogP contribution in [0.1, 0.15) is 31.1 Å². The zero-order valence-electron chi connectivity index (χ0n) is 18.1. The van der Waals surface area contributed by atoms with Crippen molar-refractivity contribution in [2.45, 2.75) is 0 Å². The number of carbonyl (C=O) groups is 3. The van der Waals surface area contributed by atoms with Gasteiger partial charge in [-0.05, 0) is 54.6 Å². The molecule has 0 saturated carbocycles. The Morgan fingerprint density at radius 1 is 0.765 bits per heavy atom. The molecular formula is C23H18N4O7. The van der Waals surface area contributed by atoms with Crippen molar-refractivity contribution in [1.82, 2.24) is 0 Å². The molecule has 3 aromatic rings. The van der Waals surface area contributed by atoms with Gasteiger partial charge < -0.3 is 14.8 Å². The molecule has 1 N–H and O–H groups in total. The Labute approximate surface area is 193 Å². The lowest BCUT2D eigenvalue weighted by Gasteiger charge is -2.09. The third-order valence-electron chi connectivity index (χ3n) is 4.50. The number of methoxy groups -OCH3 is 2. The van der Waals surface area contributed by atoms with Gasteiger partial charge in [-0.25, -0.2) is 9.59 Å². The molecule has 0 spiro atoms. The summed E-state index contributed by atoms with van der Waals surface area (Å²) in [5.41, 5.74) is 1.42. The third kappa shape index (κ3) is 5.85. The van der Waals surface area contributed by atoms with E-state index in [1.165, 1.54) is 56.7 Å². The fourth-order valence-electron chi connectivity index (χ4n) is 2.80. The molecule has 0 saturated heterocycles. The van der Waals surface area contributed by atoms with E-state index in [2.05, 4.69) is 25.0 Å². The van der Waals surface area contributed by atoms with Crippen molar-refractivity contribution in [3.63, 3.8) is 0 Å². The Bertz CT molecular complexity index is 1240. The number of amides is 1. The van der Waals surface area contributed by atoms with Crippen molar-refractivity contribution < 1.29 is 28.8 Å². The van der Waals surface area contributed by atoms with Crippen LogP contribution < -0.4 is 5.32 Å². The molecule has 172 valence electrons. The van der Waals surface area contributed by atoms with Crippen LogP contribution in [-0.4, -0.2) is 37.0 Å². The summed E-state index contributed by atoms with van der Waals surface area (Å²) in [7, 11) is 2.38. The summed E-state index contributed by atoms with van der Waals surface area (Å²) < 4.78 is 9.34. The number of carbonyl (C=O) groups excluding carboxylic acids is 3. The van der Waals surface area contributed by atoms with E-state index < -0.39 is 22.8 Å². The van der Waals surface area contributed by atoms with Crippen LogP contribution in [0.2, 0.25) is 0 Å². The van der Waals surface area contributed by atoms with Crippen LogP contribution in [0.5, 0.6) is 0 Å². The number of rotatable bonds is 7. The first-order valence-electron chi connectivity index (χ1n) is 9.70. The van der Waals surface area contributed by atoms with E-state index in [4.69, 9.17) is 0 Å². The average molecular weight is 462 g/mol. The topological polar surface area (TPSA) is 150 Å². The molecule has 0 aromatic heterocycles. The minimum absolute atomic E-state index is 0.0255. The molecule has 3 aromatic carbocycles. The lowest BCUT2D eigenvalue weighted by Crippen LogP contribution is -2.15. The van der Waals surface area contributed by atoms with E-state index in [1.54, 1.807) is 24.3 Å².